The standard InChI is InChI=1S/C13H16FN3O/c1-3-18-13-5-4-10(14)7-12(13)9(2)6-11-8-15-17-16-11/h4-5,7-9H,3,6H2,1-2H3,(H,15,16,17). The van der Waals surface area contributed by atoms with Crippen molar-refractivity contribution in [3.63, 3.8) is 0 Å². The Bertz CT molecular complexity index is 499. The van der Waals surface area contributed by atoms with Gasteiger partial charge >= 0.3 is 0 Å². The fraction of sp³-hybridized carbons (Fsp3) is 0.385. The molecule has 4 nitrogen and oxygen atoms in total. The van der Waals surface area contributed by atoms with Crippen LogP contribution in [-0.2, 0) is 6.42 Å². The zero-order valence-electron chi connectivity index (χ0n) is 10.5. The minimum absolute atomic E-state index is 0.118. The maximum absolute atomic E-state index is 13.3. The van der Waals surface area contributed by atoms with E-state index in [0.717, 1.165) is 17.0 Å². The molecule has 1 aromatic carbocycles. The van der Waals surface area contributed by atoms with Crippen molar-refractivity contribution in [1.29, 1.82) is 0 Å². The summed E-state index contributed by atoms with van der Waals surface area (Å²) in [6.07, 6.45) is 2.37. The van der Waals surface area contributed by atoms with Crippen molar-refractivity contribution in [2.45, 2.75) is 26.2 Å². The summed E-state index contributed by atoms with van der Waals surface area (Å²) in [5.41, 5.74) is 1.72. The Morgan fingerprint density at radius 1 is 1.44 bits per heavy atom. The van der Waals surface area contributed by atoms with Gasteiger partial charge in [-0.25, -0.2) is 4.39 Å². The number of nitrogens with one attached hydrogen (secondary N) is 1. The van der Waals surface area contributed by atoms with Gasteiger partial charge in [0.15, 0.2) is 0 Å². The summed E-state index contributed by atoms with van der Waals surface area (Å²) in [4.78, 5) is 0. The minimum Gasteiger partial charge on any atom is -0.494 e. The summed E-state index contributed by atoms with van der Waals surface area (Å²) in [6, 6.07) is 4.61. The van der Waals surface area contributed by atoms with Crippen LogP contribution in [0.3, 0.4) is 0 Å². The molecule has 0 saturated heterocycles. The van der Waals surface area contributed by atoms with E-state index in [1.165, 1.54) is 12.1 Å². The molecule has 0 saturated carbocycles. The lowest BCUT2D eigenvalue weighted by molar-refractivity contribution is 0.333. The highest BCUT2D eigenvalue weighted by molar-refractivity contribution is 5.37. The van der Waals surface area contributed by atoms with Crippen molar-refractivity contribution in [1.82, 2.24) is 15.4 Å². The molecule has 0 aliphatic rings. The average molecular weight is 249 g/mol. The number of ether oxygens (including phenoxy) is 1. The van der Waals surface area contributed by atoms with Crippen molar-refractivity contribution < 1.29 is 9.13 Å². The molecular weight excluding hydrogens is 233 g/mol. The summed E-state index contributed by atoms with van der Waals surface area (Å²) in [6.45, 7) is 4.50. The Labute approximate surface area is 105 Å². The minimum atomic E-state index is -0.250. The molecule has 0 spiro atoms. The van der Waals surface area contributed by atoms with E-state index in [9.17, 15) is 4.39 Å². The molecule has 5 heteroatoms. The highest BCUT2D eigenvalue weighted by Crippen LogP contribution is 2.29. The first kappa shape index (κ1) is 12.5. The highest BCUT2D eigenvalue weighted by Gasteiger charge is 2.14. The maximum atomic E-state index is 13.3. The van der Waals surface area contributed by atoms with Gasteiger partial charge in [0.05, 0.1) is 18.5 Å². The van der Waals surface area contributed by atoms with Crippen LogP contribution in [-0.4, -0.2) is 22.0 Å². The number of aromatic amines is 1. The van der Waals surface area contributed by atoms with Crippen molar-refractivity contribution in [2.24, 2.45) is 0 Å². The van der Waals surface area contributed by atoms with Gasteiger partial charge in [-0.1, -0.05) is 6.92 Å². The van der Waals surface area contributed by atoms with Crippen molar-refractivity contribution in [3.05, 3.63) is 41.5 Å². The SMILES string of the molecule is CCOc1ccc(F)cc1C(C)Cc1cn[nH]n1. The normalized spacial score (nSPS) is 12.4. The molecule has 96 valence electrons. The first-order valence-electron chi connectivity index (χ1n) is 5.97. The van der Waals surface area contributed by atoms with Gasteiger partial charge < -0.3 is 4.74 Å². The topological polar surface area (TPSA) is 50.8 Å². The highest BCUT2D eigenvalue weighted by atomic mass is 19.1. The van der Waals surface area contributed by atoms with E-state index in [2.05, 4.69) is 15.4 Å². The van der Waals surface area contributed by atoms with E-state index in [1.54, 1.807) is 12.3 Å². The molecule has 1 atom stereocenters. The molecule has 2 aromatic rings. The maximum Gasteiger partial charge on any atom is 0.123 e. The number of H-pyrrole nitrogens is 1. The van der Waals surface area contributed by atoms with Crippen LogP contribution in [0.5, 0.6) is 5.75 Å². The van der Waals surface area contributed by atoms with E-state index in [1.807, 2.05) is 13.8 Å². The van der Waals surface area contributed by atoms with Crippen LogP contribution < -0.4 is 4.74 Å². The Kier molecular flexibility index (Phi) is 3.92. The predicted molar refractivity (Wildman–Crippen MR) is 66.1 cm³/mol. The molecular formula is C13H16FN3O. The quantitative estimate of drug-likeness (QED) is 0.886. The molecule has 1 N–H and O–H groups in total. The fourth-order valence-electron chi connectivity index (χ4n) is 1.94. The van der Waals surface area contributed by atoms with E-state index in [-0.39, 0.29) is 11.7 Å². The van der Waals surface area contributed by atoms with E-state index in [0.29, 0.717) is 13.0 Å². The summed E-state index contributed by atoms with van der Waals surface area (Å²) < 4.78 is 18.9. The van der Waals surface area contributed by atoms with Gasteiger partial charge in [0, 0.05) is 5.56 Å². The van der Waals surface area contributed by atoms with Crippen LogP contribution >= 0.6 is 0 Å². The molecule has 0 radical (unpaired) electrons. The van der Waals surface area contributed by atoms with Crippen LogP contribution in [0.2, 0.25) is 0 Å². The van der Waals surface area contributed by atoms with Crippen LogP contribution in [0.1, 0.15) is 31.0 Å². The van der Waals surface area contributed by atoms with Crippen molar-refractivity contribution in [2.75, 3.05) is 6.61 Å². The molecule has 1 aromatic heterocycles. The lowest BCUT2D eigenvalue weighted by Crippen LogP contribution is -2.04. The summed E-state index contributed by atoms with van der Waals surface area (Å²) in [5, 5.41) is 10.3. The smallest absolute Gasteiger partial charge is 0.123 e. The third-order valence-electron chi connectivity index (χ3n) is 2.78. The Morgan fingerprint density at radius 2 is 2.28 bits per heavy atom. The molecule has 1 unspecified atom stereocenters. The molecule has 2 rings (SSSR count). The molecule has 1 heterocycles. The van der Waals surface area contributed by atoms with Crippen molar-refractivity contribution in [3.8, 4) is 5.75 Å². The van der Waals surface area contributed by atoms with E-state index >= 15 is 0 Å². The molecule has 0 amide bonds. The number of hydrogen-bond acceptors (Lipinski definition) is 3. The van der Waals surface area contributed by atoms with Gasteiger partial charge in [0.1, 0.15) is 11.6 Å². The summed E-state index contributed by atoms with van der Waals surface area (Å²) in [7, 11) is 0. The first-order chi connectivity index (χ1) is 8.70. The van der Waals surface area contributed by atoms with Crippen LogP contribution in [0.4, 0.5) is 4.39 Å². The fourth-order valence-corrected chi connectivity index (χ4v) is 1.94. The van der Waals surface area contributed by atoms with Gasteiger partial charge in [-0.3, -0.25) is 0 Å². The predicted octanol–water partition coefficient (Wildman–Crippen LogP) is 2.69. The van der Waals surface area contributed by atoms with Crippen LogP contribution in [0, 0.1) is 5.82 Å². The Balaban J connectivity index is 2.22. The second-order valence-corrected chi connectivity index (χ2v) is 4.18. The third-order valence-corrected chi connectivity index (χ3v) is 2.78. The van der Waals surface area contributed by atoms with Gasteiger partial charge in [0.25, 0.3) is 0 Å². The number of rotatable bonds is 5. The van der Waals surface area contributed by atoms with Gasteiger partial charge in [-0.05, 0) is 37.5 Å². The van der Waals surface area contributed by atoms with Gasteiger partial charge in [0.2, 0.25) is 0 Å². The van der Waals surface area contributed by atoms with Crippen LogP contribution in [0.15, 0.2) is 24.4 Å². The molecule has 18 heavy (non-hydrogen) atoms. The lowest BCUT2D eigenvalue weighted by Gasteiger charge is -2.15. The second kappa shape index (κ2) is 5.62. The average Bonchev–Trinajstić information content (AvgIpc) is 2.84. The summed E-state index contributed by atoms with van der Waals surface area (Å²) in [5.74, 6) is 0.600. The number of hydrogen-bond donors (Lipinski definition) is 1. The molecule has 0 aliphatic heterocycles. The van der Waals surface area contributed by atoms with Crippen molar-refractivity contribution >= 4 is 0 Å². The van der Waals surface area contributed by atoms with Gasteiger partial charge in [-0.15, -0.1) is 0 Å². The molecule has 0 fully saturated rings. The number of aromatic nitrogens is 3. The largest absolute Gasteiger partial charge is 0.494 e. The zero-order valence-corrected chi connectivity index (χ0v) is 10.5. The zero-order chi connectivity index (χ0) is 13.0. The first-order valence-corrected chi connectivity index (χ1v) is 5.97. The van der Waals surface area contributed by atoms with Gasteiger partial charge in [-0.2, -0.15) is 15.4 Å². The number of halogens is 1. The van der Waals surface area contributed by atoms with Crippen LogP contribution in [0.25, 0.3) is 0 Å². The molecule has 0 bridgehead atoms. The Hall–Kier alpha value is -1.91. The summed E-state index contributed by atoms with van der Waals surface area (Å²) >= 11 is 0. The monoisotopic (exact) mass is 249 g/mol. The Morgan fingerprint density at radius 3 is 2.94 bits per heavy atom. The second-order valence-electron chi connectivity index (χ2n) is 4.18. The van der Waals surface area contributed by atoms with E-state index in [4.69, 9.17) is 4.74 Å². The molecule has 0 aliphatic carbocycles. The lowest BCUT2D eigenvalue weighted by atomic mass is 9.95. The third kappa shape index (κ3) is 2.85. The van der Waals surface area contributed by atoms with E-state index < -0.39 is 0 Å². The number of benzene rings is 1. The number of nitrogens with zero attached hydrogens (tertiary/aromatic N) is 2.